The summed E-state index contributed by atoms with van der Waals surface area (Å²) in [5.41, 5.74) is 2.58. The third-order valence-corrected chi connectivity index (χ3v) is 7.35. The van der Waals surface area contributed by atoms with Crippen molar-refractivity contribution in [3.63, 3.8) is 0 Å². The lowest BCUT2D eigenvalue weighted by atomic mass is 10.0. The zero-order valence-corrected chi connectivity index (χ0v) is 18.1. The summed E-state index contributed by atoms with van der Waals surface area (Å²) in [7, 11) is 0. The third-order valence-electron chi connectivity index (χ3n) is 6.30. The molecule has 1 saturated heterocycles. The van der Waals surface area contributed by atoms with Crippen molar-refractivity contribution >= 4 is 17.7 Å². The molecule has 1 saturated carbocycles. The van der Waals surface area contributed by atoms with E-state index in [4.69, 9.17) is 0 Å². The van der Waals surface area contributed by atoms with E-state index in [1.165, 1.54) is 23.9 Å². The van der Waals surface area contributed by atoms with Crippen LogP contribution in [-0.4, -0.2) is 34.4 Å². The number of carbonyl (C=O) groups excluding carboxylic acids is 1. The van der Waals surface area contributed by atoms with E-state index in [1.807, 2.05) is 30.3 Å². The molecule has 1 aromatic heterocycles. The first-order valence-electron chi connectivity index (χ1n) is 10.6. The van der Waals surface area contributed by atoms with Gasteiger partial charge in [0.2, 0.25) is 0 Å². The van der Waals surface area contributed by atoms with Gasteiger partial charge < -0.3 is 10.2 Å². The van der Waals surface area contributed by atoms with Crippen molar-refractivity contribution in [2.75, 3.05) is 6.54 Å². The monoisotopic (exact) mass is 444 g/mol. The normalized spacial score (nSPS) is 21.4. The number of halogens is 1. The number of pyridine rings is 1. The largest absolute Gasteiger partial charge is 0.347 e. The van der Waals surface area contributed by atoms with E-state index in [1.54, 1.807) is 29.4 Å². The second-order valence-corrected chi connectivity index (χ2v) is 9.28. The van der Waals surface area contributed by atoms with E-state index >= 15 is 0 Å². The van der Waals surface area contributed by atoms with Gasteiger partial charge in [-0.05, 0) is 72.4 Å². The van der Waals surface area contributed by atoms with Crippen LogP contribution in [0.5, 0.6) is 0 Å². The Bertz CT molecular complexity index is 1180. The number of nitrogens with zero attached hydrogens (tertiary/aromatic N) is 3. The number of hydrogen-bond donors (Lipinski definition) is 1. The molecule has 1 N–H and O–H groups in total. The van der Waals surface area contributed by atoms with Gasteiger partial charge in [0.15, 0.2) is 6.19 Å². The molecule has 160 valence electrons. The molecule has 7 heteroatoms. The smallest absolute Gasteiger partial charge is 0.251 e. The Labute approximate surface area is 190 Å². The minimum Gasteiger partial charge on any atom is -0.347 e. The fourth-order valence-corrected chi connectivity index (χ4v) is 5.63. The number of rotatable bonds is 5. The number of nitrogens with one attached hydrogen (secondary N) is 1. The van der Waals surface area contributed by atoms with Crippen LogP contribution in [0.25, 0.3) is 11.1 Å². The SMILES string of the molecule is N#CN1CC2CCC1[C@@H]2NC(=O)c1ccc(-c2ccncc2Sc2ccc(F)cc2)cc1. The molecule has 2 fully saturated rings. The number of nitriles is 1. The average Bonchev–Trinajstić information content (AvgIpc) is 3.37. The lowest BCUT2D eigenvalue weighted by molar-refractivity contribution is 0.0929. The summed E-state index contributed by atoms with van der Waals surface area (Å²) >= 11 is 1.52. The van der Waals surface area contributed by atoms with Gasteiger partial charge in [0.1, 0.15) is 5.82 Å². The van der Waals surface area contributed by atoms with E-state index in [2.05, 4.69) is 16.5 Å². The highest BCUT2D eigenvalue weighted by molar-refractivity contribution is 7.99. The van der Waals surface area contributed by atoms with Crippen molar-refractivity contribution in [2.24, 2.45) is 5.92 Å². The molecule has 2 heterocycles. The van der Waals surface area contributed by atoms with Gasteiger partial charge >= 0.3 is 0 Å². The van der Waals surface area contributed by atoms with Crippen LogP contribution in [-0.2, 0) is 0 Å². The van der Waals surface area contributed by atoms with Crippen molar-refractivity contribution in [2.45, 2.75) is 34.7 Å². The van der Waals surface area contributed by atoms with Gasteiger partial charge in [-0.2, -0.15) is 5.26 Å². The maximum Gasteiger partial charge on any atom is 0.251 e. The summed E-state index contributed by atoms with van der Waals surface area (Å²) < 4.78 is 13.2. The van der Waals surface area contributed by atoms with Crippen LogP contribution in [0.15, 0.2) is 76.8 Å². The lowest BCUT2D eigenvalue weighted by Crippen LogP contribution is -2.42. The molecule has 0 radical (unpaired) electrons. The number of aromatic nitrogens is 1. The molecule has 5 nitrogen and oxygen atoms in total. The topological polar surface area (TPSA) is 69.0 Å². The first-order valence-corrected chi connectivity index (χ1v) is 11.4. The highest BCUT2D eigenvalue weighted by Gasteiger charge is 2.47. The second kappa shape index (κ2) is 8.64. The number of amides is 1. The van der Waals surface area contributed by atoms with Gasteiger partial charge in [0, 0.05) is 34.3 Å². The molecule has 2 aliphatic rings. The van der Waals surface area contributed by atoms with Crippen LogP contribution >= 0.6 is 11.8 Å². The first kappa shape index (κ1) is 20.5. The summed E-state index contributed by atoms with van der Waals surface area (Å²) in [5, 5.41) is 12.4. The van der Waals surface area contributed by atoms with Crippen LogP contribution in [0.4, 0.5) is 4.39 Å². The summed E-state index contributed by atoms with van der Waals surface area (Å²) in [5.74, 6) is -0.0137. The van der Waals surface area contributed by atoms with Crippen molar-refractivity contribution < 1.29 is 9.18 Å². The highest BCUT2D eigenvalue weighted by atomic mass is 32.2. The summed E-state index contributed by atoms with van der Waals surface area (Å²) in [6, 6.07) is 16.0. The molecule has 5 rings (SSSR count). The Balaban J connectivity index is 1.32. The van der Waals surface area contributed by atoms with E-state index in [-0.39, 0.29) is 23.8 Å². The van der Waals surface area contributed by atoms with Gasteiger partial charge in [0.25, 0.3) is 5.91 Å². The molecular formula is C25H21FN4OS. The predicted octanol–water partition coefficient (Wildman–Crippen LogP) is 4.71. The average molecular weight is 445 g/mol. The van der Waals surface area contributed by atoms with Crippen LogP contribution in [0.2, 0.25) is 0 Å². The van der Waals surface area contributed by atoms with Gasteiger partial charge in [0.05, 0.1) is 12.1 Å². The van der Waals surface area contributed by atoms with E-state index in [0.717, 1.165) is 40.3 Å². The minimum absolute atomic E-state index is 0.0423. The van der Waals surface area contributed by atoms with Crippen LogP contribution in [0.1, 0.15) is 23.2 Å². The van der Waals surface area contributed by atoms with Gasteiger partial charge in [-0.25, -0.2) is 4.39 Å². The Hall–Kier alpha value is -3.37. The zero-order chi connectivity index (χ0) is 22.1. The van der Waals surface area contributed by atoms with Crippen LogP contribution in [0, 0.1) is 23.2 Å². The molecule has 3 atom stereocenters. The van der Waals surface area contributed by atoms with E-state index in [9.17, 15) is 14.4 Å². The second-order valence-electron chi connectivity index (χ2n) is 8.16. The maximum absolute atomic E-state index is 13.2. The zero-order valence-electron chi connectivity index (χ0n) is 17.2. The number of benzene rings is 2. The molecule has 3 aromatic rings. The van der Waals surface area contributed by atoms with Crippen molar-refractivity contribution in [3.8, 4) is 17.3 Å². The van der Waals surface area contributed by atoms with E-state index < -0.39 is 0 Å². The van der Waals surface area contributed by atoms with Gasteiger partial charge in [-0.1, -0.05) is 23.9 Å². The summed E-state index contributed by atoms with van der Waals surface area (Å²) in [4.78, 5) is 20.8. The van der Waals surface area contributed by atoms with Crippen molar-refractivity contribution in [1.29, 1.82) is 5.26 Å². The van der Waals surface area contributed by atoms with Crippen LogP contribution < -0.4 is 5.32 Å². The molecule has 2 aromatic carbocycles. The molecule has 1 aliphatic carbocycles. The molecule has 0 spiro atoms. The molecule has 2 bridgehead atoms. The summed E-state index contributed by atoms with van der Waals surface area (Å²) in [6.07, 6.45) is 7.79. The maximum atomic E-state index is 13.2. The quantitative estimate of drug-likeness (QED) is 0.577. The summed E-state index contributed by atoms with van der Waals surface area (Å²) in [6.45, 7) is 0.738. The molecule has 32 heavy (non-hydrogen) atoms. The number of likely N-dealkylation sites (tertiary alicyclic amines) is 1. The Morgan fingerprint density at radius 2 is 1.91 bits per heavy atom. The highest BCUT2D eigenvalue weighted by Crippen LogP contribution is 2.38. The standard InChI is InChI=1S/C25H21FN4OS/c26-19-6-8-20(9-7-19)32-23-13-28-12-11-21(23)16-1-3-17(4-2-16)25(31)29-24-18-5-10-22(24)30(14-18)15-27/h1-4,6-9,11-13,18,22,24H,5,10,14H2,(H,29,31)/t18?,22?,24-/m1/s1. The number of hydrogen-bond acceptors (Lipinski definition) is 5. The fraction of sp³-hybridized carbons (Fsp3) is 0.240. The van der Waals surface area contributed by atoms with Gasteiger partial charge in [-0.15, -0.1) is 0 Å². The van der Waals surface area contributed by atoms with Crippen molar-refractivity contribution in [3.05, 3.63) is 78.4 Å². The third kappa shape index (κ3) is 3.94. The van der Waals surface area contributed by atoms with Gasteiger partial charge in [-0.3, -0.25) is 9.78 Å². The molecule has 1 aliphatic heterocycles. The predicted molar refractivity (Wildman–Crippen MR) is 120 cm³/mol. The minimum atomic E-state index is -0.263. The Morgan fingerprint density at radius 1 is 1.12 bits per heavy atom. The number of piperidine rings is 1. The van der Waals surface area contributed by atoms with Crippen LogP contribution in [0.3, 0.4) is 0 Å². The molecule has 1 amide bonds. The molecule has 2 unspecified atom stereocenters. The van der Waals surface area contributed by atoms with Crippen molar-refractivity contribution in [1.82, 2.24) is 15.2 Å². The lowest BCUT2D eigenvalue weighted by Gasteiger charge is -2.21. The number of carbonyl (C=O) groups is 1. The first-order chi connectivity index (χ1) is 15.6. The Morgan fingerprint density at radius 3 is 2.62 bits per heavy atom. The number of fused-ring (bicyclic) bond motifs is 2. The Kier molecular flexibility index (Phi) is 5.54. The fourth-order valence-electron chi connectivity index (χ4n) is 4.70. The van der Waals surface area contributed by atoms with E-state index in [0.29, 0.717) is 11.5 Å². The molecular weight excluding hydrogens is 423 g/mol.